The molecule has 1 unspecified atom stereocenters. The summed E-state index contributed by atoms with van der Waals surface area (Å²) in [5, 5.41) is 0. The Kier molecular flexibility index (Phi) is 2.30. The first-order valence-corrected chi connectivity index (χ1v) is 5.02. The first-order chi connectivity index (χ1) is 7.11. The molecule has 2 aromatic heterocycles. The number of imidazole rings is 1. The molecule has 15 heavy (non-hydrogen) atoms. The van der Waals surface area contributed by atoms with E-state index in [9.17, 15) is 4.79 Å². The lowest BCUT2D eigenvalue weighted by molar-refractivity contribution is 0.406. The predicted molar refractivity (Wildman–Crippen MR) is 57.7 cm³/mol. The molecule has 0 saturated heterocycles. The van der Waals surface area contributed by atoms with Crippen LogP contribution in [0.3, 0.4) is 0 Å². The molecule has 2 aromatic rings. The molecule has 5 nitrogen and oxygen atoms in total. The van der Waals surface area contributed by atoms with E-state index in [1.807, 2.05) is 6.92 Å². The maximum Gasteiger partial charge on any atom is 0.329 e. The molecule has 1 atom stereocenters. The van der Waals surface area contributed by atoms with Crippen molar-refractivity contribution in [2.45, 2.75) is 26.8 Å². The fourth-order valence-corrected chi connectivity index (χ4v) is 1.53. The summed E-state index contributed by atoms with van der Waals surface area (Å²) in [5.74, 6) is 0.378. The molecule has 0 amide bonds. The smallest absolute Gasteiger partial charge is 0.289 e. The highest BCUT2D eigenvalue weighted by atomic mass is 16.1. The van der Waals surface area contributed by atoms with Crippen molar-refractivity contribution < 1.29 is 0 Å². The predicted octanol–water partition coefficient (Wildman–Crippen LogP) is 1.34. The van der Waals surface area contributed by atoms with Crippen LogP contribution in [0.4, 0.5) is 0 Å². The van der Waals surface area contributed by atoms with E-state index in [1.54, 1.807) is 17.0 Å². The first-order valence-electron chi connectivity index (χ1n) is 5.02. The molecule has 5 heteroatoms. The molecule has 0 aromatic carbocycles. The van der Waals surface area contributed by atoms with Crippen molar-refractivity contribution in [3.8, 4) is 0 Å². The zero-order valence-corrected chi connectivity index (χ0v) is 9.06. The van der Waals surface area contributed by atoms with Crippen molar-refractivity contribution in [3.05, 3.63) is 22.9 Å². The molecule has 0 bridgehead atoms. The van der Waals surface area contributed by atoms with Gasteiger partial charge in [0.05, 0.1) is 0 Å². The molecule has 0 spiro atoms. The number of rotatable bonds is 2. The van der Waals surface area contributed by atoms with Crippen molar-refractivity contribution in [3.63, 3.8) is 0 Å². The van der Waals surface area contributed by atoms with E-state index in [0.717, 1.165) is 0 Å². The minimum atomic E-state index is -0.141. The average molecular weight is 206 g/mol. The van der Waals surface area contributed by atoms with Gasteiger partial charge in [0.2, 0.25) is 0 Å². The molecule has 0 aliphatic rings. The molecular formula is C10H14N4O. The Morgan fingerprint density at radius 3 is 2.60 bits per heavy atom. The van der Waals surface area contributed by atoms with Gasteiger partial charge < -0.3 is 0 Å². The Morgan fingerprint density at radius 1 is 1.27 bits per heavy atom. The molecule has 0 saturated carbocycles. The number of fused-ring (bicyclic) bond motifs is 1. The van der Waals surface area contributed by atoms with Gasteiger partial charge in [-0.25, -0.2) is 14.8 Å². The van der Waals surface area contributed by atoms with Gasteiger partial charge in [0.1, 0.15) is 0 Å². The van der Waals surface area contributed by atoms with Crippen LogP contribution in [0.5, 0.6) is 0 Å². The van der Waals surface area contributed by atoms with Crippen LogP contribution in [0.2, 0.25) is 0 Å². The van der Waals surface area contributed by atoms with Gasteiger partial charge in [-0.1, -0.05) is 13.8 Å². The highest BCUT2D eigenvalue weighted by molar-refractivity contribution is 5.64. The number of H-pyrrole nitrogens is 1. The molecule has 2 heterocycles. The van der Waals surface area contributed by atoms with E-state index in [-0.39, 0.29) is 11.7 Å². The maximum absolute atomic E-state index is 11.7. The molecule has 0 aliphatic carbocycles. The number of aromatic amines is 1. The minimum absolute atomic E-state index is 0.114. The Bertz CT molecular complexity index is 525. The first kappa shape index (κ1) is 9.89. The third-order valence-electron chi connectivity index (χ3n) is 2.72. The molecule has 80 valence electrons. The standard InChI is InChI=1S/C10H14N4O/c1-6(2)7(3)14-9-8(13-10(14)15)11-4-5-12-9/h4-7H,1-3H3,(H,11,13,15). The van der Waals surface area contributed by atoms with Crippen LogP contribution < -0.4 is 5.69 Å². The average Bonchev–Trinajstić information content (AvgIpc) is 2.52. The van der Waals surface area contributed by atoms with Crippen LogP contribution >= 0.6 is 0 Å². The van der Waals surface area contributed by atoms with E-state index in [1.165, 1.54) is 0 Å². The second-order valence-corrected chi connectivity index (χ2v) is 4.01. The summed E-state index contributed by atoms with van der Waals surface area (Å²) in [6.45, 7) is 6.16. The number of nitrogens with one attached hydrogen (secondary N) is 1. The van der Waals surface area contributed by atoms with E-state index in [0.29, 0.717) is 17.2 Å². The van der Waals surface area contributed by atoms with Gasteiger partial charge in [0.25, 0.3) is 0 Å². The molecule has 0 radical (unpaired) electrons. The van der Waals surface area contributed by atoms with Gasteiger partial charge in [0, 0.05) is 18.4 Å². The van der Waals surface area contributed by atoms with Gasteiger partial charge in [-0.15, -0.1) is 0 Å². The third-order valence-corrected chi connectivity index (χ3v) is 2.72. The molecular weight excluding hydrogens is 192 g/mol. The van der Waals surface area contributed by atoms with Crippen molar-refractivity contribution >= 4 is 11.3 Å². The SMILES string of the molecule is CC(C)C(C)n1c(=O)[nH]c2nccnc21. The van der Waals surface area contributed by atoms with E-state index in [4.69, 9.17) is 0 Å². The topological polar surface area (TPSA) is 63.6 Å². The number of nitrogens with zero attached hydrogens (tertiary/aromatic N) is 3. The second kappa shape index (κ2) is 3.49. The summed E-state index contributed by atoms with van der Waals surface area (Å²) >= 11 is 0. The Balaban J connectivity index is 2.69. The van der Waals surface area contributed by atoms with Crippen LogP contribution in [0.1, 0.15) is 26.8 Å². The monoisotopic (exact) mass is 206 g/mol. The molecule has 1 N–H and O–H groups in total. The van der Waals surface area contributed by atoms with Crippen molar-refractivity contribution in [2.75, 3.05) is 0 Å². The Morgan fingerprint density at radius 2 is 1.93 bits per heavy atom. The summed E-state index contributed by atoms with van der Waals surface area (Å²) in [4.78, 5) is 22.6. The summed E-state index contributed by atoms with van der Waals surface area (Å²) in [5.41, 5.74) is 1.04. The Hall–Kier alpha value is -1.65. The minimum Gasteiger partial charge on any atom is -0.289 e. The lowest BCUT2D eigenvalue weighted by Crippen LogP contribution is -2.23. The quantitative estimate of drug-likeness (QED) is 0.806. The van der Waals surface area contributed by atoms with Crippen LogP contribution in [0.15, 0.2) is 17.2 Å². The lowest BCUT2D eigenvalue weighted by Gasteiger charge is -2.16. The van der Waals surface area contributed by atoms with Gasteiger partial charge in [-0.2, -0.15) is 0 Å². The second-order valence-electron chi connectivity index (χ2n) is 4.01. The number of aromatic nitrogens is 4. The highest BCUT2D eigenvalue weighted by Gasteiger charge is 2.16. The van der Waals surface area contributed by atoms with E-state index in [2.05, 4.69) is 28.8 Å². The number of hydrogen-bond donors (Lipinski definition) is 1. The van der Waals surface area contributed by atoms with Crippen molar-refractivity contribution in [1.82, 2.24) is 19.5 Å². The maximum atomic E-state index is 11.7. The third kappa shape index (κ3) is 1.54. The zero-order valence-electron chi connectivity index (χ0n) is 9.06. The van der Waals surface area contributed by atoms with Crippen LogP contribution in [0.25, 0.3) is 11.3 Å². The summed E-state index contributed by atoms with van der Waals surface area (Å²) in [6.07, 6.45) is 3.17. The summed E-state index contributed by atoms with van der Waals surface area (Å²) < 4.78 is 1.66. The zero-order chi connectivity index (χ0) is 11.0. The fraction of sp³-hybridized carbons (Fsp3) is 0.500. The van der Waals surface area contributed by atoms with Crippen LogP contribution in [-0.2, 0) is 0 Å². The van der Waals surface area contributed by atoms with E-state index >= 15 is 0 Å². The molecule has 0 fully saturated rings. The van der Waals surface area contributed by atoms with Gasteiger partial charge in [-0.3, -0.25) is 9.55 Å². The largest absolute Gasteiger partial charge is 0.329 e. The van der Waals surface area contributed by atoms with Crippen LogP contribution in [-0.4, -0.2) is 19.5 Å². The van der Waals surface area contributed by atoms with Gasteiger partial charge >= 0.3 is 5.69 Å². The molecule has 0 aliphatic heterocycles. The lowest BCUT2D eigenvalue weighted by atomic mass is 10.1. The van der Waals surface area contributed by atoms with Gasteiger partial charge in [0.15, 0.2) is 11.3 Å². The highest BCUT2D eigenvalue weighted by Crippen LogP contribution is 2.17. The Labute approximate surface area is 87.2 Å². The van der Waals surface area contributed by atoms with Gasteiger partial charge in [-0.05, 0) is 12.8 Å². The number of hydrogen-bond acceptors (Lipinski definition) is 3. The summed E-state index contributed by atoms with van der Waals surface area (Å²) in [6, 6.07) is 0.114. The van der Waals surface area contributed by atoms with E-state index < -0.39 is 0 Å². The van der Waals surface area contributed by atoms with Crippen molar-refractivity contribution in [2.24, 2.45) is 5.92 Å². The summed E-state index contributed by atoms with van der Waals surface area (Å²) in [7, 11) is 0. The normalized spacial score (nSPS) is 13.6. The fourth-order valence-electron chi connectivity index (χ4n) is 1.53. The molecule has 2 rings (SSSR count). The van der Waals surface area contributed by atoms with Crippen molar-refractivity contribution in [1.29, 1.82) is 0 Å². The van der Waals surface area contributed by atoms with Crippen LogP contribution in [0, 0.1) is 5.92 Å².